The van der Waals surface area contributed by atoms with Crippen LogP contribution in [0.1, 0.15) is 69.9 Å². The summed E-state index contributed by atoms with van der Waals surface area (Å²) in [5.41, 5.74) is 3.31. The second-order valence-corrected chi connectivity index (χ2v) is 8.55. The molecule has 2 atom stereocenters. The third-order valence-electron chi connectivity index (χ3n) is 5.16. The van der Waals surface area contributed by atoms with Crippen LogP contribution in [0.15, 0.2) is 35.9 Å². The van der Waals surface area contributed by atoms with Crippen molar-refractivity contribution in [1.82, 2.24) is 0 Å². The lowest BCUT2D eigenvalue weighted by molar-refractivity contribution is 0.376. The van der Waals surface area contributed by atoms with Gasteiger partial charge in [-0.1, -0.05) is 43.6 Å². The SMILES string of the molecule is C=C(C)[C@@H]1CCC(C)=C[C@H]1c1c(O)cc(CCCCC)cc1OS(=O)(=O)O. The maximum Gasteiger partial charge on any atom is 0.446 e. The maximum absolute atomic E-state index is 11.4. The molecule has 0 heterocycles. The maximum atomic E-state index is 11.4. The zero-order chi connectivity index (χ0) is 20.2. The number of phenolic OH excluding ortho intramolecular Hbond substituents is 1. The van der Waals surface area contributed by atoms with E-state index in [-0.39, 0.29) is 23.3 Å². The number of hydrogen-bond acceptors (Lipinski definition) is 4. The highest BCUT2D eigenvalue weighted by Gasteiger charge is 2.31. The molecule has 0 unspecified atom stereocenters. The van der Waals surface area contributed by atoms with E-state index in [1.165, 1.54) is 5.57 Å². The van der Waals surface area contributed by atoms with Crippen LogP contribution < -0.4 is 4.18 Å². The summed E-state index contributed by atoms with van der Waals surface area (Å²) in [6.45, 7) is 10.1. The zero-order valence-corrected chi connectivity index (χ0v) is 17.2. The van der Waals surface area contributed by atoms with E-state index in [0.29, 0.717) is 12.0 Å². The molecule has 1 aromatic carbocycles. The number of benzene rings is 1. The molecule has 0 saturated carbocycles. The number of phenols is 1. The van der Waals surface area contributed by atoms with Gasteiger partial charge in [0.1, 0.15) is 5.75 Å². The van der Waals surface area contributed by atoms with Gasteiger partial charge < -0.3 is 9.29 Å². The van der Waals surface area contributed by atoms with Crippen molar-refractivity contribution in [3.05, 3.63) is 47.1 Å². The third kappa shape index (κ3) is 5.84. The Labute approximate surface area is 162 Å². The summed E-state index contributed by atoms with van der Waals surface area (Å²) in [7, 11) is -4.70. The molecule has 27 heavy (non-hydrogen) atoms. The first-order valence-corrected chi connectivity index (χ1v) is 10.8. The lowest BCUT2D eigenvalue weighted by Crippen LogP contribution is -2.19. The summed E-state index contributed by atoms with van der Waals surface area (Å²) in [5.74, 6) is -0.206. The molecule has 0 fully saturated rings. The number of aryl methyl sites for hydroxylation is 1. The Kier molecular flexibility index (Phi) is 7.12. The number of aromatic hydroxyl groups is 1. The van der Waals surface area contributed by atoms with E-state index < -0.39 is 10.4 Å². The monoisotopic (exact) mass is 394 g/mol. The van der Waals surface area contributed by atoms with Crippen molar-refractivity contribution in [2.75, 3.05) is 0 Å². The Balaban J connectivity index is 2.55. The van der Waals surface area contributed by atoms with Crippen LogP contribution in [-0.2, 0) is 16.8 Å². The Morgan fingerprint density at radius 2 is 2.04 bits per heavy atom. The fourth-order valence-corrected chi connectivity index (χ4v) is 4.18. The molecule has 1 aliphatic rings. The standard InChI is InChI=1S/C21H30O5S/c1-5-6-7-8-16-12-19(22)21(20(13-16)26-27(23,24)25)18-11-15(4)9-10-17(18)14(2)3/h11-13,17-18,22H,2,5-10H2,1,3-4H3,(H,23,24,25)/t17-,18+/m0/s1. The van der Waals surface area contributed by atoms with Crippen molar-refractivity contribution in [3.63, 3.8) is 0 Å². The average molecular weight is 395 g/mol. The van der Waals surface area contributed by atoms with Crippen molar-refractivity contribution in [1.29, 1.82) is 0 Å². The second-order valence-electron chi connectivity index (χ2n) is 7.53. The van der Waals surface area contributed by atoms with Gasteiger partial charge in [-0.05, 0) is 63.1 Å². The highest BCUT2D eigenvalue weighted by Crippen LogP contribution is 2.47. The molecule has 2 N–H and O–H groups in total. The van der Waals surface area contributed by atoms with Gasteiger partial charge in [-0.3, -0.25) is 4.55 Å². The number of hydrogen-bond donors (Lipinski definition) is 2. The normalized spacial score (nSPS) is 20.2. The lowest BCUT2D eigenvalue weighted by Gasteiger charge is -2.32. The Morgan fingerprint density at radius 3 is 2.63 bits per heavy atom. The van der Waals surface area contributed by atoms with E-state index in [2.05, 4.69) is 13.5 Å². The van der Waals surface area contributed by atoms with Gasteiger partial charge in [0.25, 0.3) is 0 Å². The van der Waals surface area contributed by atoms with Crippen LogP contribution in [-0.4, -0.2) is 18.1 Å². The smallest absolute Gasteiger partial charge is 0.446 e. The molecule has 0 aliphatic heterocycles. The summed E-state index contributed by atoms with van der Waals surface area (Å²) in [6.07, 6.45) is 7.56. The van der Waals surface area contributed by atoms with Gasteiger partial charge >= 0.3 is 10.4 Å². The third-order valence-corrected chi connectivity index (χ3v) is 5.55. The molecule has 2 rings (SSSR count). The molecule has 150 valence electrons. The van der Waals surface area contributed by atoms with Crippen LogP contribution in [0.2, 0.25) is 0 Å². The van der Waals surface area contributed by atoms with Crippen molar-refractivity contribution >= 4 is 10.4 Å². The predicted octanol–water partition coefficient (Wildman–Crippen LogP) is 5.32. The first-order valence-electron chi connectivity index (χ1n) is 9.47. The van der Waals surface area contributed by atoms with Crippen LogP contribution in [0.4, 0.5) is 0 Å². The van der Waals surface area contributed by atoms with Gasteiger partial charge in [0, 0.05) is 11.5 Å². The number of rotatable bonds is 8. The molecule has 0 amide bonds. The molecular formula is C21H30O5S. The fourth-order valence-electron chi connectivity index (χ4n) is 3.81. The number of allylic oxidation sites excluding steroid dienone is 3. The first kappa shape index (κ1) is 21.5. The molecule has 0 bridgehead atoms. The molecule has 6 heteroatoms. The van der Waals surface area contributed by atoms with Gasteiger partial charge in [-0.2, -0.15) is 8.42 Å². The average Bonchev–Trinajstić information content (AvgIpc) is 2.53. The van der Waals surface area contributed by atoms with Crippen LogP contribution in [0.3, 0.4) is 0 Å². The molecule has 0 aromatic heterocycles. The molecular weight excluding hydrogens is 364 g/mol. The van der Waals surface area contributed by atoms with E-state index in [9.17, 15) is 18.1 Å². The van der Waals surface area contributed by atoms with E-state index in [4.69, 9.17) is 4.18 Å². The molecule has 0 spiro atoms. The van der Waals surface area contributed by atoms with Crippen molar-refractivity contribution in [3.8, 4) is 11.5 Å². The van der Waals surface area contributed by atoms with Crippen LogP contribution in [0.25, 0.3) is 0 Å². The van der Waals surface area contributed by atoms with Crippen molar-refractivity contribution < 1.29 is 22.3 Å². The minimum atomic E-state index is -4.70. The lowest BCUT2D eigenvalue weighted by atomic mass is 9.73. The molecule has 0 radical (unpaired) electrons. The summed E-state index contributed by atoms with van der Waals surface area (Å²) in [5, 5.41) is 10.7. The topological polar surface area (TPSA) is 83.8 Å². The second kappa shape index (κ2) is 8.93. The van der Waals surface area contributed by atoms with Crippen LogP contribution in [0, 0.1) is 5.92 Å². The van der Waals surface area contributed by atoms with Gasteiger partial charge in [0.2, 0.25) is 0 Å². The van der Waals surface area contributed by atoms with Crippen molar-refractivity contribution in [2.45, 2.75) is 65.2 Å². The summed E-state index contributed by atoms with van der Waals surface area (Å²) < 4.78 is 37.0. The zero-order valence-electron chi connectivity index (χ0n) is 16.4. The van der Waals surface area contributed by atoms with E-state index in [1.807, 2.05) is 19.9 Å². The highest BCUT2D eigenvalue weighted by molar-refractivity contribution is 7.81. The molecule has 1 aliphatic carbocycles. The quantitative estimate of drug-likeness (QED) is 0.354. The fraction of sp³-hybridized carbons (Fsp3) is 0.524. The van der Waals surface area contributed by atoms with Gasteiger partial charge in [-0.15, -0.1) is 0 Å². The first-order chi connectivity index (χ1) is 12.6. The molecule has 0 saturated heterocycles. The number of unbranched alkanes of at least 4 members (excludes halogenated alkanes) is 2. The summed E-state index contributed by atoms with van der Waals surface area (Å²) in [6, 6.07) is 3.29. The van der Waals surface area contributed by atoms with Gasteiger partial charge in [-0.25, -0.2) is 0 Å². The van der Waals surface area contributed by atoms with Gasteiger partial charge in [0.15, 0.2) is 5.75 Å². The summed E-state index contributed by atoms with van der Waals surface area (Å²) >= 11 is 0. The highest BCUT2D eigenvalue weighted by atomic mass is 32.3. The van der Waals surface area contributed by atoms with Crippen LogP contribution in [0.5, 0.6) is 11.5 Å². The van der Waals surface area contributed by atoms with E-state index >= 15 is 0 Å². The predicted molar refractivity (Wildman–Crippen MR) is 108 cm³/mol. The largest absolute Gasteiger partial charge is 0.507 e. The van der Waals surface area contributed by atoms with Crippen LogP contribution >= 0.6 is 0 Å². The van der Waals surface area contributed by atoms with E-state index in [1.54, 1.807) is 12.1 Å². The van der Waals surface area contributed by atoms with E-state index in [0.717, 1.165) is 43.2 Å². The minimum absolute atomic E-state index is 0.00815. The summed E-state index contributed by atoms with van der Waals surface area (Å²) in [4.78, 5) is 0. The Morgan fingerprint density at radius 1 is 1.33 bits per heavy atom. The Hall–Kier alpha value is -1.79. The minimum Gasteiger partial charge on any atom is -0.507 e. The van der Waals surface area contributed by atoms with Gasteiger partial charge in [0.05, 0.1) is 0 Å². The van der Waals surface area contributed by atoms with Crippen molar-refractivity contribution in [2.24, 2.45) is 5.92 Å². The molecule has 5 nitrogen and oxygen atoms in total. The molecule has 1 aromatic rings. The Bertz CT molecular complexity index is 823.